The Hall–Kier alpha value is -1.29. The molecule has 4 heteroatoms. The molecular weight excluding hydrogens is 183 g/mol. The van der Waals surface area contributed by atoms with Gasteiger partial charge in [-0.15, -0.1) is 0 Å². The molecule has 0 amide bonds. The fourth-order valence-electron chi connectivity index (χ4n) is 0.991. The number of rotatable bonds is 3. The number of nitrogens with one attached hydrogen (secondary N) is 1. The summed E-state index contributed by atoms with van der Waals surface area (Å²) in [5.74, 6) is -0.976. The summed E-state index contributed by atoms with van der Waals surface area (Å²) in [7, 11) is 0. The monoisotopic (exact) mass is 198 g/mol. The van der Waals surface area contributed by atoms with Gasteiger partial charge >= 0.3 is 0 Å². The molecule has 1 aromatic rings. The minimum atomic E-state index is -0.633. The van der Waals surface area contributed by atoms with Gasteiger partial charge in [-0.3, -0.25) is 0 Å². The largest absolute Gasteiger partial charge is 0.505 e. The molecule has 0 aliphatic carbocycles. The molecular formula is C10H15FN2O. The zero-order valence-electron chi connectivity index (χ0n) is 8.29. The third-order valence-corrected chi connectivity index (χ3v) is 2.13. The second-order valence-corrected chi connectivity index (χ2v) is 3.46. The number of hydrogen-bond donors (Lipinski definition) is 3. The molecule has 0 heterocycles. The fourth-order valence-corrected chi connectivity index (χ4v) is 0.991. The van der Waals surface area contributed by atoms with Gasteiger partial charge < -0.3 is 16.2 Å². The average molecular weight is 198 g/mol. The van der Waals surface area contributed by atoms with Crippen molar-refractivity contribution >= 4 is 5.69 Å². The molecule has 0 aliphatic heterocycles. The molecule has 0 radical (unpaired) electrons. The Bertz CT molecular complexity index is 315. The lowest BCUT2D eigenvalue weighted by molar-refractivity contribution is 0.432. The molecule has 78 valence electrons. The molecule has 0 saturated heterocycles. The lowest BCUT2D eigenvalue weighted by Crippen LogP contribution is -2.35. The summed E-state index contributed by atoms with van der Waals surface area (Å²) in [6.45, 7) is 3.78. The first-order valence-corrected chi connectivity index (χ1v) is 4.51. The van der Waals surface area contributed by atoms with Gasteiger partial charge in [-0.05, 0) is 26.0 Å². The van der Waals surface area contributed by atoms with E-state index in [4.69, 9.17) is 10.8 Å². The standard InChI is InChI=1S/C10H15FN2O/c1-6(12)7(2)13-8-3-4-10(14)9(11)5-8/h3-7,13-14H,12H2,1-2H3. The van der Waals surface area contributed by atoms with E-state index in [0.29, 0.717) is 5.69 Å². The van der Waals surface area contributed by atoms with Crippen molar-refractivity contribution in [1.29, 1.82) is 0 Å². The van der Waals surface area contributed by atoms with E-state index in [9.17, 15) is 4.39 Å². The van der Waals surface area contributed by atoms with Gasteiger partial charge in [-0.1, -0.05) is 0 Å². The Kier molecular flexibility index (Phi) is 3.30. The summed E-state index contributed by atoms with van der Waals surface area (Å²) in [6, 6.07) is 4.20. The van der Waals surface area contributed by atoms with Crippen molar-refractivity contribution in [2.24, 2.45) is 5.73 Å². The van der Waals surface area contributed by atoms with Crippen molar-refractivity contribution < 1.29 is 9.50 Å². The highest BCUT2D eigenvalue weighted by atomic mass is 19.1. The maximum Gasteiger partial charge on any atom is 0.166 e. The van der Waals surface area contributed by atoms with Gasteiger partial charge in [-0.25, -0.2) is 4.39 Å². The summed E-state index contributed by atoms with van der Waals surface area (Å²) < 4.78 is 12.9. The minimum absolute atomic E-state index is 0.0214. The van der Waals surface area contributed by atoms with Gasteiger partial charge in [0.05, 0.1) is 0 Å². The number of halogens is 1. The van der Waals surface area contributed by atoms with Crippen LogP contribution in [0.1, 0.15) is 13.8 Å². The summed E-state index contributed by atoms with van der Waals surface area (Å²) in [6.07, 6.45) is 0. The lowest BCUT2D eigenvalue weighted by Gasteiger charge is -2.18. The fraction of sp³-hybridized carbons (Fsp3) is 0.400. The molecule has 0 bridgehead atoms. The van der Waals surface area contributed by atoms with E-state index >= 15 is 0 Å². The molecule has 4 N–H and O–H groups in total. The zero-order valence-corrected chi connectivity index (χ0v) is 8.29. The molecule has 1 aromatic carbocycles. The Morgan fingerprint density at radius 1 is 1.43 bits per heavy atom. The number of benzene rings is 1. The first kappa shape index (κ1) is 10.8. The van der Waals surface area contributed by atoms with E-state index in [-0.39, 0.29) is 17.8 Å². The highest BCUT2D eigenvalue weighted by Crippen LogP contribution is 2.19. The highest BCUT2D eigenvalue weighted by Gasteiger charge is 2.08. The van der Waals surface area contributed by atoms with Crippen molar-refractivity contribution in [1.82, 2.24) is 0 Å². The second-order valence-electron chi connectivity index (χ2n) is 3.46. The van der Waals surface area contributed by atoms with Crippen molar-refractivity contribution in [3.8, 4) is 5.75 Å². The summed E-state index contributed by atoms with van der Waals surface area (Å²) in [5.41, 5.74) is 6.26. The van der Waals surface area contributed by atoms with Crippen LogP contribution in [-0.2, 0) is 0 Å². The van der Waals surface area contributed by atoms with Crippen LogP contribution in [0.4, 0.5) is 10.1 Å². The smallest absolute Gasteiger partial charge is 0.166 e. The van der Waals surface area contributed by atoms with Crippen LogP contribution in [0.5, 0.6) is 5.75 Å². The van der Waals surface area contributed by atoms with Gasteiger partial charge in [0.15, 0.2) is 11.6 Å². The third kappa shape index (κ3) is 2.60. The zero-order chi connectivity index (χ0) is 10.7. The van der Waals surface area contributed by atoms with Gasteiger partial charge in [0.1, 0.15) is 0 Å². The minimum Gasteiger partial charge on any atom is -0.505 e. The topological polar surface area (TPSA) is 58.3 Å². The Balaban J connectivity index is 2.73. The van der Waals surface area contributed by atoms with E-state index < -0.39 is 5.82 Å². The third-order valence-electron chi connectivity index (χ3n) is 2.13. The second kappa shape index (κ2) is 4.28. The maximum absolute atomic E-state index is 12.9. The molecule has 3 nitrogen and oxygen atoms in total. The predicted octanol–water partition coefficient (Wildman–Crippen LogP) is 1.68. The molecule has 2 atom stereocenters. The predicted molar refractivity (Wildman–Crippen MR) is 54.8 cm³/mol. The van der Waals surface area contributed by atoms with Gasteiger partial charge in [-0.2, -0.15) is 0 Å². The first-order chi connectivity index (χ1) is 6.50. The Morgan fingerprint density at radius 3 is 2.57 bits per heavy atom. The molecule has 0 saturated carbocycles. The number of nitrogens with two attached hydrogens (primary N) is 1. The quantitative estimate of drug-likeness (QED) is 0.647. The number of anilines is 1. The van der Waals surface area contributed by atoms with Crippen molar-refractivity contribution in [2.45, 2.75) is 25.9 Å². The van der Waals surface area contributed by atoms with Crippen LogP contribution < -0.4 is 11.1 Å². The SMILES string of the molecule is CC(N)C(C)Nc1ccc(O)c(F)c1. The van der Waals surface area contributed by atoms with Crippen LogP contribution in [0.25, 0.3) is 0 Å². The van der Waals surface area contributed by atoms with Crippen LogP contribution in [0.2, 0.25) is 0 Å². The first-order valence-electron chi connectivity index (χ1n) is 4.51. The van der Waals surface area contributed by atoms with E-state index in [0.717, 1.165) is 0 Å². The molecule has 2 unspecified atom stereocenters. The Morgan fingerprint density at radius 2 is 2.07 bits per heavy atom. The van der Waals surface area contributed by atoms with E-state index in [1.165, 1.54) is 12.1 Å². The van der Waals surface area contributed by atoms with E-state index in [2.05, 4.69) is 5.32 Å². The van der Waals surface area contributed by atoms with Crippen molar-refractivity contribution in [3.63, 3.8) is 0 Å². The van der Waals surface area contributed by atoms with Gasteiger partial charge in [0.2, 0.25) is 0 Å². The summed E-state index contributed by atoms with van der Waals surface area (Å²) >= 11 is 0. The van der Waals surface area contributed by atoms with E-state index in [1.54, 1.807) is 6.07 Å². The number of hydrogen-bond acceptors (Lipinski definition) is 3. The van der Waals surface area contributed by atoms with E-state index in [1.807, 2.05) is 13.8 Å². The number of phenolic OH excluding ortho intramolecular Hbond substituents is 1. The van der Waals surface area contributed by atoms with Crippen LogP contribution in [0.15, 0.2) is 18.2 Å². The molecule has 0 spiro atoms. The van der Waals surface area contributed by atoms with Crippen LogP contribution in [0, 0.1) is 5.82 Å². The van der Waals surface area contributed by atoms with Gasteiger partial charge in [0.25, 0.3) is 0 Å². The highest BCUT2D eigenvalue weighted by molar-refractivity contribution is 5.47. The lowest BCUT2D eigenvalue weighted by atomic mass is 10.1. The maximum atomic E-state index is 12.9. The normalized spacial score (nSPS) is 14.9. The average Bonchev–Trinajstić information content (AvgIpc) is 2.11. The molecule has 0 aromatic heterocycles. The molecule has 0 aliphatic rings. The molecule has 1 rings (SSSR count). The molecule has 0 fully saturated rings. The number of phenols is 1. The summed E-state index contributed by atoms with van der Waals surface area (Å²) in [5, 5.41) is 12.0. The van der Waals surface area contributed by atoms with Crippen LogP contribution in [-0.4, -0.2) is 17.2 Å². The van der Waals surface area contributed by atoms with Crippen molar-refractivity contribution in [3.05, 3.63) is 24.0 Å². The number of aromatic hydroxyl groups is 1. The molecule has 14 heavy (non-hydrogen) atoms. The van der Waals surface area contributed by atoms with Crippen LogP contribution >= 0.6 is 0 Å². The summed E-state index contributed by atoms with van der Waals surface area (Å²) in [4.78, 5) is 0. The van der Waals surface area contributed by atoms with Crippen molar-refractivity contribution in [2.75, 3.05) is 5.32 Å². The van der Waals surface area contributed by atoms with Gasteiger partial charge in [0, 0.05) is 23.8 Å². The Labute approximate surface area is 82.7 Å². The van der Waals surface area contributed by atoms with Crippen LogP contribution in [0.3, 0.4) is 0 Å².